The number of aryl methyl sites for hydroxylation is 1. The van der Waals surface area contributed by atoms with Gasteiger partial charge in [-0.3, -0.25) is 10.1 Å². The highest BCUT2D eigenvalue weighted by atomic mass is 16.6. The van der Waals surface area contributed by atoms with E-state index in [-0.39, 0.29) is 22.8 Å². The first-order chi connectivity index (χ1) is 15.0. The summed E-state index contributed by atoms with van der Waals surface area (Å²) in [5.74, 6) is 0.734. The molecule has 0 saturated heterocycles. The van der Waals surface area contributed by atoms with Gasteiger partial charge in [-0.05, 0) is 48.7 Å². The number of nitriles is 1. The molecule has 0 aliphatic rings. The fraction of sp³-hybridized carbons (Fsp3) is 0.304. The van der Waals surface area contributed by atoms with Gasteiger partial charge in [0.2, 0.25) is 5.75 Å². The average Bonchev–Trinajstić information content (AvgIpc) is 3.17. The van der Waals surface area contributed by atoms with Gasteiger partial charge in [0.15, 0.2) is 5.75 Å². The summed E-state index contributed by atoms with van der Waals surface area (Å²) in [6.45, 7) is 4.40. The van der Waals surface area contributed by atoms with Crippen LogP contribution in [0.25, 0.3) is 22.7 Å². The summed E-state index contributed by atoms with van der Waals surface area (Å²) in [6.07, 6.45) is 4.33. The van der Waals surface area contributed by atoms with Crippen LogP contribution in [0, 0.1) is 28.4 Å². The number of allylic oxidation sites excluding steroid dienone is 1. The van der Waals surface area contributed by atoms with Crippen molar-refractivity contribution in [3.63, 3.8) is 0 Å². The first kappa shape index (κ1) is 21.8. The number of fused-ring (bicyclic) bond motifs is 1. The highest BCUT2D eigenvalue weighted by Crippen LogP contribution is 2.39. The summed E-state index contributed by atoms with van der Waals surface area (Å²) < 4.78 is 11.0. The standard InChI is InChI=1S/C23H24N4O4/c1-4-5-6-9-31-22-20(27(28)29)12-16(13-21(22)30-3)11-17(14-24)23-25-18-8-7-15(2)10-19(18)26-23/h7-8,10-13H,4-6,9H2,1-3H3,(H,25,26)/b17-11-. The first-order valence-electron chi connectivity index (χ1n) is 10.0. The molecular weight excluding hydrogens is 396 g/mol. The molecule has 0 aliphatic carbocycles. The molecule has 1 N–H and O–H groups in total. The number of hydrogen-bond donors (Lipinski definition) is 1. The maximum Gasteiger partial charge on any atom is 0.315 e. The maximum atomic E-state index is 11.7. The number of H-pyrrole nitrogens is 1. The molecule has 0 amide bonds. The van der Waals surface area contributed by atoms with Gasteiger partial charge in [0.25, 0.3) is 0 Å². The summed E-state index contributed by atoms with van der Waals surface area (Å²) >= 11 is 0. The van der Waals surface area contributed by atoms with Gasteiger partial charge in [0.1, 0.15) is 11.9 Å². The molecule has 0 bridgehead atoms. The van der Waals surface area contributed by atoms with E-state index >= 15 is 0 Å². The van der Waals surface area contributed by atoms with Crippen LogP contribution in [0.3, 0.4) is 0 Å². The van der Waals surface area contributed by atoms with Crippen LogP contribution in [-0.4, -0.2) is 28.6 Å². The number of unbranched alkanes of at least 4 members (excludes halogenated alkanes) is 2. The van der Waals surface area contributed by atoms with Crippen LogP contribution in [0.2, 0.25) is 0 Å². The normalized spacial score (nSPS) is 11.4. The number of hydrogen-bond acceptors (Lipinski definition) is 6. The van der Waals surface area contributed by atoms with Crippen LogP contribution < -0.4 is 9.47 Å². The van der Waals surface area contributed by atoms with Gasteiger partial charge in [-0.2, -0.15) is 5.26 Å². The van der Waals surface area contributed by atoms with Gasteiger partial charge >= 0.3 is 5.69 Å². The second-order valence-electron chi connectivity index (χ2n) is 7.16. The Morgan fingerprint density at radius 1 is 1.32 bits per heavy atom. The number of ether oxygens (including phenoxy) is 2. The molecular formula is C23H24N4O4. The first-order valence-corrected chi connectivity index (χ1v) is 10.0. The average molecular weight is 420 g/mol. The van der Waals surface area contributed by atoms with Crippen LogP contribution in [-0.2, 0) is 0 Å². The Hall–Kier alpha value is -3.86. The number of imidazole rings is 1. The van der Waals surface area contributed by atoms with Crippen molar-refractivity contribution in [2.75, 3.05) is 13.7 Å². The lowest BCUT2D eigenvalue weighted by atomic mass is 10.1. The largest absolute Gasteiger partial charge is 0.493 e. The number of nitro groups is 1. The lowest BCUT2D eigenvalue weighted by Crippen LogP contribution is -2.03. The number of nitrogens with one attached hydrogen (secondary N) is 1. The van der Waals surface area contributed by atoms with E-state index in [4.69, 9.17) is 9.47 Å². The smallest absolute Gasteiger partial charge is 0.315 e. The molecule has 31 heavy (non-hydrogen) atoms. The summed E-state index contributed by atoms with van der Waals surface area (Å²) in [7, 11) is 1.43. The van der Waals surface area contributed by atoms with E-state index in [1.54, 1.807) is 12.1 Å². The molecule has 1 aromatic heterocycles. The lowest BCUT2D eigenvalue weighted by molar-refractivity contribution is -0.386. The third-order valence-corrected chi connectivity index (χ3v) is 4.79. The monoisotopic (exact) mass is 420 g/mol. The van der Waals surface area contributed by atoms with E-state index in [1.807, 2.05) is 25.1 Å². The van der Waals surface area contributed by atoms with Crippen LogP contribution in [0.1, 0.15) is 43.1 Å². The van der Waals surface area contributed by atoms with Gasteiger partial charge in [0.05, 0.1) is 35.2 Å². The molecule has 8 nitrogen and oxygen atoms in total. The Bertz CT molecular complexity index is 1170. The minimum Gasteiger partial charge on any atom is -0.493 e. The van der Waals surface area contributed by atoms with Gasteiger partial charge < -0.3 is 14.5 Å². The number of rotatable bonds is 9. The number of methoxy groups -OCH3 is 1. The van der Waals surface area contributed by atoms with Crippen LogP contribution in [0.4, 0.5) is 5.69 Å². The maximum absolute atomic E-state index is 11.7. The third kappa shape index (κ3) is 5.01. The molecule has 160 valence electrons. The van der Waals surface area contributed by atoms with Crippen molar-refractivity contribution >= 4 is 28.4 Å². The molecule has 2 aromatic carbocycles. The number of nitrogens with zero attached hydrogens (tertiary/aromatic N) is 3. The highest BCUT2D eigenvalue weighted by Gasteiger charge is 2.22. The Morgan fingerprint density at radius 2 is 2.13 bits per heavy atom. The van der Waals surface area contributed by atoms with E-state index in [0.29, 0.717) is 18.0 Å². The molecule has 3 rings (SSSR count). The number of aromatic amines is 1. The van der Waals surface area contributed by atoms with Crippen LogP contribution >= 0.6 is 0 Å². The van der Waals surface area contributed by atoms with E-state index in [9.17, 15) is 15.4 Å². The molecule has 8 heteroatoms. The van der Waals surface area contributed by atoms with Crippen LogP contribution in [0.5, 0.6) is 11.5 Å². The molecule has 0 saturated carbocycles. The number of aromatic nitrogens is 2. The summed E-state index contributed by atoms with van der Waals surface area (Å²) in [5.41, 5.74) is 3.11. The van der Waals surface area contributed by atoms with Gasteiger partial charge in [0, 0.05) is 6.07 Å². The molecule has 1 heterocycles. The summed E-state index contributed by atoms with van der Waals surface area (Å²) in [6, 6.07) is 10.9. The van der Waals surface area contributed by atoms with Gasteiger partial charge in [-0.15, -0.1) is 0 Å². The molecule has 0 spiro atoms. The van der Waals surface area contributed by atoms with Gasteiger partial charge in [-0.25, -0.2) is 4.98 Å². The topological polar surface area (TPSA) is 114 Å². The van der Waals surface area contributed by atoms with E-state index in [2.05, 4.69) is 23.0 Å². The molecule has 0 fully saturated rings. The Balaban J connectivity index is 2.01. The second kappa shape index (κ2) is 9.76. The molecule has 0 unspecified atom stereocenters. The van der Waals surface area contributed by atoms with Crippen molar-refractivity contribution in [2.45, 2.75) is 33.1 Å². The Kier molecular flexibility index (Phi) is 6.88. The lowest BCUT2D eigenvalue weighted by Gasteiger charge is -2.12. The van der Waals surface area contributed by atoms with E-state index < -0.39 is 4.92 Å². The Morgan fingerprint density at radius 3 is 2.81 bits per heavy atom. The SMILES string of the molecule is CCCCCOc1c(OC)cc(/C=C(/C#N)c2nc3ccc(C)cc3[nH]2)cc1[N+](=O)[O-]. The zero-order valence-electron chi connectivity index (χ0n) is 17.8. The molecule has 0 radical (unpaired) electrons. The summed E-state index contributed by atoms with van der Waals surface area (Å²) in [4.78, 5) is 18.8. The van der Waals surface area contributed by atoms with Crippen LogP contribution in [0.15, 0.2) is 30.3 Å². The zero-order chi connectivity index (χ0) is 22.4. The fourth-order valence-corrected chi connectivity index (χ4v) is 3.22. The predicted octanol–water partition coefficient (Wildman–Crippen LogP) is 5.42. The quantitative estimate of drug-likeness (QED) is 0.214. The minimum atomic E-state index is -0.509. The van der Waals surface area contributed by atoms with Crippen molar-refractivity contribution in [2.24, 2.45) is 0 Å². The zero-order valence-corrected chi connectivity index (χ0v) is 17.8. The van der Waals surface area contributed by atoms with Crippen molar-refractivity contribution < 1.29 is 14.4 Å². The number of nitro benzene ring substituents is 1. The Labute approximate surface area is 180 Å². The molecule has 3 aromatic rings. The third-order valence-electron chi connectivity index (χ3n) is 4.79. The van der Waals surface area contributed by atoms with Crippen molar-refractivity contribution in [3.8, 4) is 17.6 Å². The van der Waals surface area contributed by atoms with Crippen molar-refractivity contribution in [3.05, 3.63) is 57.4 Å². The number of benzene rings is 2. The summed E-state index contributed by atoms with van der Waals surface area (Å²) in [5, 5.41) is 21.4. The molecule has 0 atom stereocenters. The second-order valence-corrected chi connectivity index (χ2v) is 7.16. The fourth-order valence-electron chi connectivity index (χ4n) is 3.22. The molecule has 0 aliphatic heterocycles. The predicted molar refractivity (Wildman–Crippen MR) is 119 cm³/mol. The van der Waals surface area contributed by atoms with Crippen molar-refractivity contribution in [1.82, 2.24) is 9.97 Å². The van der Waals surface area contributed by atoms with E-state index in [0.717, 1.165) is 35.9 Å². The van der Waals surface area contributed by atoms with Gasteiger partial charge in [-0.1, -0.05) is 25.8 Å². The van der Waals surface area contributed by atoms with Crippen molar-refractivity contribution in [1.29, 1.82) is 5.26 Å². The van der Waals surface area contributed by atoms with E-state index in [1.165, 1.54) is 13.2 Å². The minimum absolute atomic E-state index is 0.0958. The highest BCUT2D eigenvalue weighted by molar-refractivity contribution is 5.91.